The Morgan fingerprint density at radius 2 is 2.14 bits per heavy atom. The lowest BCUT2D eigenvalue weighted by Gasteiger charge is -2.03. The van der Waals surface area contributed by atoms with E-state index in [1.807, 2.05) is 12.1 Å². The van der Waals surface area contributed by atoms with Gasteiger partial charge in [0.25, 0.3) is 0 Å². The number of para-hydroxylation sites is 1. The van der Waals surface area contributed by atoms with Gasteiger partial charge in [0.05, 0.1) is 5.69 Å². The molecule has 0 atom stereocenters. The van der Waals surface area contributed by atoms with Crippen LogP contribution in [0, 0.1) is 0 Å². The highest BCUT2D eigenvalue weighted by molar-refractivity contribution is 5.97. The van der Waals surface area contributed by atoms with Crippen molar-refractivity contribution in [3.63, 3.8) is 0 Å². The van der Waals surface area contributed by atoms with Crippen LogP contribution in [-0.2, 0) is 0 Å². The summed E-state index contributed by atoms with van der Waals surface area (Å²) < 4.78 is 1.47. The average Bonchev–Trinajstić information content (AvgIpc) is 2.70. The number of hydrogen-bond acceptors (Lipinski definition) is 4. The predicted molar refractivity (Wildman–Crippen MR) is 49.2 cm³/mol. The van der Waals surface area contributed by atoms with Crippen molar-refractivity contribution in [1.82, 2.24) is 20.2 Å². The molecule has 0 bridgehead atoms. The van der Waals surface area contributed by atoms with E-state index in [2.05, 4.69) is 15.5 Å². The average molecular weight is 188 g/mol. The number of nitrogens with zero attached hydrogens (tertiary/aromatic N) is 4. The molecule has 0 amide bonds. The number of hydrogen-bond donors (Lipinski definition) is 0. The molecule has 0 saturated carbocycles. The van der Waals surface area contributed by atoms with Crippen molar-refractivity contribution in [2.75, 3.05) is 0 Å². The molecular formula is C9H8N4O. The van der Waals surface area contributed by atoms with Crippen LogP contribution in [0.1, 0.15) is 17.3 Å². The van der Waals surface area contributed by atoms with Crippen molar-refractivity contribution in [2.45, 2.75) is 6.92 Å². The molecule has 1 aromatic heterocycles. The summed E-state index contributed by atoms with van der Waals surface area (Å²) in [6.45, 7) is 1.52. The first-order chi connectivity index (χ1) is 6.79. The third kappa shape index (κ3) is 1.39. The van der Waals surface area contributed by atoms with Gasteiger partial charge in [0.2, 0.25) is 0 Å². The van der Waals surface area contributed by atoms with E-state index in [4.69, 9.17) is 0 Å². The Labute approximate surface area is 80.4 Å². The fraction of sp³-hybridized carbons (Fsp3) is 0.111. The van der Waals surface area contributed by atoms with Crippen LogP contribution in [-0.4, -0.2) is 26.0 Å². The van der Waals surface area contributed by atoms with Gasteiger partial charge in [-0.15, -0.1) is 5.10 Å². The summed E-state index contributed by atoms with van der Waals surface area (Å²) in [6, 6.07) is 7.19. The van der Waals surface area contributed by atoms with E-state index >= 15 is 0 Å². The molecule has 0 unspecified atom stereocenters. The van der Waals surface area contributed by atoms with Gasteiger partial charge >= 0.3 is 0 Å². The lowest BCUT2D eigenvalue weighted by Crippen LogP contribution is -2.03. The molecule has 1 aromatic carbocycles. The number of rotatable bonds is 2. The quantitative estimate of drug-likeness (QED) is 0.656. The molecule has 14 heavy (non-hydrogen) atoms. The second-order valence-corrected chi connectivity index (χ2v) is 2.83. The third-order valence-electron chi connectivity index (χ3n) is 1.88. The first-order valence-electron chi connectivity index (χ1n) is 4.12. The highest BCUT2D eigenvalue weighted by Gasteiger charge is 2.08. The number of carbonyl (C=O) groups is 1. The maximum atomic E-state index is 11.3. The molecule has 2 aromatic rings. The molecule has 0 fully saturated rings. The zero-order valence-corrected chi connectivity index (χ0v) is 7.58. The van der Waals surface area contributed by atoms with Gasteiger partial charge < -0.3 is 0 Å². The molecule has 0 N–H and O–H groups in total. The summed E-state index contributed by atoms with van der Waals surface area (Å²) in [5.74, 6) is -0.00361. The van der Waals surface area contributed by atoms with Crippen LogP contribution in [0.5, 0.6) is 0 Å². The van der Waals surface area contributed by atoms with Crippen LogP contribution >= 0.6 is 0 Å². The van der Waals surface area contributed by atoms with E-state index in [1.165, 1.54) is 17.9 Å². The van der Waals surface area contributed by atoms with E-state index < -0.39 is 0 Å². The Morgan fingerprint density at radius 3 is 2.79 bits per heavy atom. The van der Waals surface area contributed by atoms with Crippen LogP contribution in [0.2, 0.25) is 0 Å². The summed E-state index contributed by atoms with van der Waals surface area (Å²) in [5.41, 5.74) is 1.31. The number of benzene rings is 1. The highest BCUT2D eigenvalue weighted by atomic mass is 16.1. The Bertz CT molecular complexity index is 450. The van der Waals surface area contributed by atoms with Crippen molar-refractivity contribution >= 4 is 5.78 Å². The van der Waals surface area contributed by atoms with Crippen molar-refractivity contribution in [3.05, 3.63) is 36.2 Å². The molecular weight excluding hydrogens is 180 g/mol. The van der Waals surface area contributed by atoms with E-state index in [0.717, 1.165) is 0 Å². The van der Waals surface area contributed by atoms with Gasteiger partial charge in [-0.1, -0.05) is 12.1 Å². The first-order valence-corrected chi connectivity index (χ1v) is 4.12. The van der Waals surface area contributed by atoms with Gasteiger partial charge in [-0.3, -0.25) is 4.79 Å². The lowest BCUT2D eigenvalue weighted by atomic mass is 10.1. The van der Waals surface area contributed by atoms with Gasteiger partial charge in [0.15, 0.2) is 5.78 Å². The summed E-state index contributed by atoms with van der Waals surface area (Å²) >= 11 is 0. The van der Waals surface area contributed by atoms with Crippen LogP contribution in [0.4, 0.5) is 0 Å². The van der Waals surface area contributed by atoms with Crippen LogP contribution in [0.3, 0.4) is 0 Å². The van der Waals surface area contributed by atoms with Gasteiger partial charge in [-0.25, -0.2) is 0 Å². The number of Topliss-reactive ketones (excluding diaryl/α,β-unsaturated/α-hetero) is 1. The van der Waals surface area contributed by atoms with Crippen molar-refractivity contribution in [2.24, 2.45) is 0 Å². The fourth-order valence-corrected chi connectivity index (χ4v) is 1.24. The van der Waals surface area contributed by atoms with Crippen LogP contribution in [0.15, 0.2) is 30.6 Å². The van der Waals surface area contributed by atoms with E-state index in [-0.39, 0.29) is 5.78 Å². The molecule has 0 aliphatic carbocycles. The fourth-order valence-electron chi connectivity index (χ4n) is 1.24. The minimum Gasteiger partial charge on any atom is -0.294 e. The number of ketones is 1. The summed E-state index contributed by atoms with van der Waals surface area (Å²) in [4.78, 5) is 11.3. The molecule has 0 saturated heterocycles. The minimum atomic E-state index is -0.00361. The zero-order chi connectivity index (χ0) is 9.97. The Balaban J connectivity index is 2.58. The minimum absolute atomic E-state index is 0.00361. The zero-order valence-electron chi connectivity index (χ0n) is 7.58. The molecule has 5 heteroatoms. The monoisotopic (exact) mass is 188 g/mol. The summed E-state index contributed by atoms with van der Waals surface area (Å²) in [5, 5.41) is 10.8. The predicted octanol–water partition coefficient (Wildman–Crippen LogP) is 0.865. The molecule has 0 aliphatic heterocycles. The maximum Gasteiger partial charge on any atom is 0.161 e. The molecule has 0 radical (unpaired) electrons. The second kappa shape index (κ2) is 3.37. The van der Waals surface area contributed by atoms with Crippen LogP contribution in [0.25, 0.3) is 5.69 Å². The standard InChI is InChI=1S/C9H8N4O/c1-7(14)8-4-2-3-5-9(8)13-6-10-11-12-13/h2-6H,1H3. The van der Waals surface area contributed by atoms with E-state index in [0.29, 0.717) is 11.3 Å². The lowest BCUT2D eigenvalue weighted by molar-refractivity contribution is 0.101. The normalized spacial score (nSPS) is 10.1. The van der Waals surface area contributed by atoms with Crippen molar-refractivity contribution < 1.29 is 4.79 Å². The first kappa shape index (κ1) is 8.55. The molecule has 2 rings (SSSR count). The van der Waals surface area contributed by atoms with Crippen LogP contribution < -0.4 is 0 Å². The summed E-state index contributed by atoms with van der Waals surface area (Å²) in [7, 11) is 0. The van der Waals surface area contributed by atoms with Gasteiger partial charge in [0, 0.05) is 5.56 Å². The largest absolute Gasteiger partial charge is 0.294 e. The van der Waals surface area contributed by atoms with Gasteiger partial charge in [-0.2, -0.15) is 4.68 Å². The van der Waals surface area contributed by atoms with E-state index in [1.54, 1.807) is 12.1 Å². The molecule has 1 heterocycles. The van der Waals surface area contributed by atoms with E-state index in [9.17, 15) is 4.79 Å². The second-order valence-electron chi connectivity index (χ2n) is 2.83. The number of carbonyl (C=O) groups excluding carboxylic acids is 1. The maximum absolute atomic E-state index is 11.3. The Kier molecular flexibility index (Phi) is 2.06. The van der Waals surface area contributed by atoms with Crippen molar-refractivity contribution in [1.29, 1.82) is 0 Å². The Morgan fingerprint density at radius 1 is 1.36 bits per heavy atom. The van der Waals surface area contributed by atoms with Gasteiger partial charge in [-0.05, 0) is 29.5 Å². The highest BCUT2D eigenvalue weighted by Crippen LogP contribution is 2.12. The van der Waals surface area contributed by atoms with Crippen molar-refractivity contribution in [3.8, 4) is 5.69 Å². The number of tetrazole rings is 1. The Hall–Kier alpha value is -2.04. The third-order valence-corrected chi connectivity index (χ3v) is 1.88. The smallest absolute Gasteiger partial charge is 0.161 e. The SMILES string of the molecule is CC(=O)c1ccccc1-n1cnnn1. The topological polar surface area (TPSA) is 60.7 Å². The summed E-state index contributed by atoms with van der Waals surface area (Å²) in [6.07, 6.45) is 1.46. The number of aromatic nitrogens is 4. The molecule has 0 spiro atoms. The molecule has 0 aliphatic rings. The molecule has 70 valence electrons. The van der Waals surface area contributed by atoms with Gasteiger partial charge in [0.1, 0.15) is 6.33 Å². The molecule has 5 nitrogen and oxygen atoms in total.